The van der Waals surface area contributed by atoms with Gasteiger partial charge in [0.25, 0.3) is 11.8 Å². The number of hydrogen-bond acceptors (Lipinski definition) is 6. The Morgan fingerprint density at radius 3 is 2.56 bits per heavy atom. The van der Waals surface area contributed by atoms with Crippen LogP contribution in [0.2, 0.25) is 0 Å². The maximum absolute atomic E-state index is 12.7. The molecule has 0 fully saturated rings. The van der Waals surface area contributed by atoms with Crippen molar-refractivity contribution in [3.63, 3.8) is 0 Å². The van der Waals surface area contributed by atoms with Crippen LogP contribution in [0, 0.1) is 0 Å². The predicted octanol–water partition coefficient (Wildman–Crippen LogP) is 3.48. The third-order valence-electron chi connectivity index (χ3n) is 4.60. The Bertz CT molecular complexity index is 1190. The lowest BCUT2D eigenvalue weighted by atomic mass is 10.1. The first kappa shape index (κ1) is 23.1. The third-order valence-corrected chi connectivity index (χ3v) is 5.71. The van der Waals surface area contributed by atoms with E-state index >= 15 is 0 Å². The molecule has 0 bridgehead atoms. The first-order chi connectivity index (χ1) is 15.2. The largest absolute Gasteiger partial charge is 0.493 e. The Kier molecular flexibility index (Phi) is 7.32. The minimum absolute atomic E-state index is 0.181. The van der Waals surface area contributed by atoms with E-state index in [0.29, 0.717) is 36.6 Å². The maximum Gasteiger partial charge on any atom is 0.291 e. The van der Waals surface area contributed by atoms with E-state index in [-0.39, 0.29) is 16.6 Å². The average molecular weight is 457 g/mol. The molecular formula is C23H24N2O6S. The summed E-state index contributed by atoms with van der Waals surface area (Å²) in [5, 5.41) is 2.70. The molecule has 0 aliphatic heterocycles. The molecule has 1 aromatic heterocycles. The van der Waals surface area contributed by atoms with Gasteiger partial charge in [0.15, 0.2) is 15.6 Å². The van der Waals surface area contributed by atoms with Crippen molar-refractivity contribution in [2.24, 2.45) is 0 Å². The van der Waals surface area contributed by atoms with E-state index in [2.05, 4.69) is 5.32 Å². The van der Waals surface area contributed by atoms with Crippen molar-refractivity contribution >= 4 is 27.3 Å². The molecule has 0 saturated heterocycles. The number of carbonyl (C=O) groups excluding carboxylic acids is 2. The summed E-state index contributed by atoms with van der Waals surface area (Å²) in [5.74, 6) is 0.0473. The number of hydrogen-bond donors (Lipinski definition) is 1. The summed E-state index contributed by atoms with van der Waals surface area (Å²) >= 11 is 0. The first-order valence-corrected chi connectivity index (χ1v) is 11.8. The summed E-state index contributed by atoms with van der Waals surface area (Å²) in [7, 11) is -1.62. The Morgan fingerprint density at radius 1 is 1.06 bits per heavy atom. The van der Waals surface area contributed by atoms with Gasteiger partial charge >= 0.3 is 0 Å². The van der Waals surface area contributed by atoms with E-state index in [4.69, 9.17) is 9.15 Å². The van der Waals surface area contributed by atoms with Crippen LogP contribution in [0.15, 0.2) is 76.2 Å². The van der Waals surface area contributed by atoms with E-state index < -0.39 is 15.7 Å². The number of rotatable bonds is 9. The number of benzene rings is 2. The third kappa shape index (κ3) is 6.21. The summed E-state index contributed by atoms with van der Waals surface area (Å²) in [6.45, 7) is 0.762. The van der Waals surface area contributed by atoms with Gasteiger partial charge in [-0.15, -0.1) is 0 Å². The molecule has 1 heterocycles. The molecule has 1 N–H and O–H groups in total. The van der Waals surface area contributed by atoms with Crippen molar-refractivity contribution in [3.8, 4) is 5.75 Å². The van der Waals surface area contributed by atoms with Crippen molar-refractivity contribution in [1.29, 1.82) is 0 Å². The monoisotopic (exact) mass is 456 g/mol. The van der Waals surface area contributed by atoms with E-state index in [0.717, 1.165) is 6.26 Å². The maximum atomic E-state index is 12.7. The number of anilines is 1. The first-order valence-electron chi connectivity index (χ1n) is 9.87. The molecule has 0 atom stereocenters. The number of amides is 2. The minimum Gasteiger partial charge on any atom is -0.493 e. The predicted molar refractivity (Wildman–Crippen MR) is 120 cm³/mol. The van der Waals surface area contributed by atoms with Gasteiger partial charge in [-0.25, -0.2) is 8.42 Å². The lowest BCUT2D eigenvalue weighted by Crippen LogP contribution is -2.28. The van der Waals surface area contributed by atoms with Crippen molar-refractivity contribution in [3.05, 3.63) is 78.3 Å². The van der Waals surface area contributed by atoms with Crippen LogP contribution < -0.4 is 10.1 Å². The van der Waals surface area contributed by atoms with Crippen LogP contribution in [-0.2, 0) is 9.84 Å². The number of nitrogens with zero attached hydrogens (tertiary/aromatic N) is 1. The topological polar surface area (TPSA) is 106 Å². The number of furan rings is 1. The van der Waals surface area contributed by atoms with Crippen molar-refractivity contribution in [2.75, 3.05) is 31.8 Å². The van der Waals surface area contributed by atoms with Crippen LogP contribution in [0.1, 0.15) is 27.3 Å². The lowest BCUT2D eigenvalue weighted by molar-refractivity contribution is 0.0787. The van der Waals surface area contributed by atoms with Gasteiger partial charge in [0, 0.05) is 31.1 Å². The smallest absolute Gasteiger partial charge is 0.291 e. The molecular weight excluding hydrogens is 432 g/mol. The number of carbonyl (C=O) groups is 2. The van der Waals surface area contributed by atoms with Gasteiger partial charge in [-0.05, 0) is 55.0 Å². The summed E-state index contributed by atoms with van der Waals surface area (Å²) in [6.07, 6.45) is 3.11. The molecule has 168 valence electrons. The molecule has 0 aliphatic carbocycles. The van der Waals surface area contributed by atoms with Gasteiger partial charge in [0.05, 0.1) is 17.8 Å². The number of ether oxygens (including phenoxy) is 1. The van der Waals surface area contributed by atoms with Gasteiger partial charge in [-0.1, -0.05) is 12.1 Å². The summed E-state index contributed by atoms with van der Waals surface area (Å²) in [6, 6.07) is 16.1. The quantitative estimate of drug-likeness (QED) is 0.494. The van der Waals surface area contributed by atoms with Crippen LogP contribution in [0.3, 0.4) is 0 Å². The SMILES string of the molecule is CN(CCCOc1cccc(S(C)(=O)=O)c1)C(=O)c1cccc(NC(=O)c2ccco2)c1. The van der Waals surface area contributed by atoms with Crippen molar-refractivity contribution in [1.82, 2.24) is 4.90 Å². The second-order valence-electron chi connectivity index (χ2n) is 7.19. The molecule has 3 rings (SSSR count). The summed E-state index contributed by atoms with van der Waals surface area (Å²) < 4.78 is 33.9. The van der Waals surface area contributed by atoms with E-state index in [1.54, 1.807) is 60.5 Å². The molecule has 0 radical (unpaired) electrons. The molecule has 0 unspecified atom stereocenters. The van der Waals surface area contributed by atoms with Crippen LogP contribution in [-0.4, -0.2) is 51.6 Å². The lowest BCUT2D eigenvalue weighted by Gasteiger charge is -2.18. The van der Waals surface area contributed by atoms with Gasteiger partial charge < -0.3 is 19.4 Å². The number of sulfone groups is 1. The van der Waals surface area contributed by atoms with Crippen molar-refractivity contribution in [2.45, 2.75) is 11.3 Å². The molecule has 0 aliphatic rings. The Labute approximate surface area is 186 Å². The highest BCUT2D eigenvalue weighted by atomic mass is 32.2. The van der Waals surface area contributed by atoms with Gasteiger partial charge in [0.2, 0.25) is 0 Å². The summed E-state index contributed by atoms with van der Waals surface area (Å²) in [4.78, 5) is 26.6. The van der Waals surface area contributed by atoms with Crippen LogP contribution in [0.5, 0.6) is 5.75 Å². The number of nitrogens with one attached hydrogen (secondary N) is 1. The average Bonchev–Trinajstić information content (AvgIpc) is 3.31. The van der Waals surface area contributed by atoms with Gasteiger partial charge in [-0.2, -0.15) is 0 Å². The fourth-order valence-corrected chi connectivity index (χ4v) is 3.59. The molecule has 32 heavy (non-hydrogen) atoms. The highest BCUT2D eigenvalue weighted by Crippen LogP contribution is 2.18. The normalized spacial score (nSPS) is 11.1. The van der Waals surface area contributed by atoms with Crippen LogP contribution in [0.25, 0.3) is 0 Å². The van der Waals surface area contributed by atoms with E-state index in [9.17, 15) is 18.0 Å². The molecule has 0 spiro atoms. The Balaban J connectivity index is 1.51. The van der Waals surface area contributed by atoms with Crippen molar-refractivity contribution < 1.29 is 27.2 Å². The second kappa shape index (κ2) is 10.1. The van der Waals surface area contributed by atoms with E-state index in [1.807, 2.05) is 0 Å². The van der Waals surface area contributed by atoms with Crippen LogP contribution in [0.4, 0.5) is 5.69 Å². The molecule has 9 heteroatoms. The fourth-order valence-electron chi connectivity index (χ4n) is 2.94. The molecule has 2 aromatic carbocycles. The molecule has 8 nitrogen and oxygen atoms in total. The second-order valence-corrected chi connectivity index (χ2v) is 9.20. The van der Waals surface area contributed by atoms with Crippen LogP contribution >= 0.6 is 0 Å². The highest BCUT2D eigenvalue weighted by molar-refractivity contribution is 7.90. The summed E-state index contributed by atoms with van der Waals surface area (Å²) in [5.41, 5.74) is 0.922. The zero-order valence-corrected chi connectivity index (χ0v) is 18.6. The molecule has 3 aromatic rings. The molecule has 0 saturated carbocycles. The van der Waals surface area contributed by atoms with Gasteiger partial charge in [-0.3, -0.25) is 9.59 Å². The zero-order valence-electron chi connectivity index (χ0n) is 17.8. The Morgan fingerprint density at radius 2 is 1.84 bits per heavy atom. The highest BCUT2D eigenvalue weighted by Gasteiger charge is 2.14. The zero-order chi connectivity index (χ0) is 23.1. The Hall–Kier alpha value is -3.59. The standard InChI is InChI=1S/C23H24N2O6S/c1-25(12-6-14-30-19-9-4-10-20(16-19)32(2,28)29)23(27)17-7-3-8-18(15-17)24-22(26)21-11-5-13-31-21/h3-5,7-11,13,15-16H,6,12,14H2,1-2H3,(H,24,26). The molecule has 2 amide bonds. The van der Waals surface area contributed by atoms with E-state index in [1.165, 1.54) is 18.4 Å². The van der Waals surface area contributed by atoms with Gasteiger partial charge in [0.1, 0.15) is 5.75 Å². The fraction of sp³-hybridized carbons (Fsp3) is 0.217. The minimum atomic E-state index is -3.30.